The van der Waals surface area contributed by atoms with Crippen molar-refractivity contribution in [3.63, 3.8) is 0 Å². The number of aromatic amines is 1. The van der Waals surface area contributed by atoms with Crippen molar-refractivity contribution in [1.82, 2.24) is 4.98 Å². The second kappa shape index (κ2) is 9.09. The molecule has 8 heteroatoms. The molecule has 0 bridgehead atoms. The zero-order valence-corrected chi connectivity index (χ0v) is 18.4. The topological polar surface area (TPSA) is 105 Å². The summed E-state index contributed by atoms with van der Waals surface area (Å²) in [4.78, 5) is 52.8. The highest BCUT2D eigenvalue weighted by Gasteiger charge is 2.26. The van der Waals surface area contributed by atoms with Gasteiger partial charge in [0.15, 0.2) is 11.9 Å². The molecule has 1 aromatic carbocycles. The second-order valence-corrected chi connectivity index (χ2v) is 8.05. The Hall–Kier alpha value is -3.52. The maximum atomic E-state index is 12.8. The fraction of sp³-hybridized carbons (Fsp3) is 0.217. The summed E-state index contributed by atoms with van der Waals surface area (Å²) in [5, 5.41) is 4.53. The Kier molecular flexibility index (Phi) is 6.50. The Balaban J connectivity index is 1.71. The molecular weight excluding hydrogens is 416 g/mol. The number of thiophene rings is 1. The first-order chi connectivity index (χ1) is 14.7. The highest BCUT2D eigenvalue weighted by Crippen LogP contribution is 2.21. The van der Waals surface area contributed by atoms with E-state index in [9.17, 15) is 19.2 Å². The number of Topliss-reactive ketones (excluding diaryl/α,β-unsaturated/α-hetero) is 2. The number of anilines is 1. The molecule has 2 aromatic heterocycles. The van der Waals surface area contributed by atoms with Crippen molar-refractivity contribution >= 4 is 40.5 Å². The van der Waals surface area contributed by atoms with Crippen LogP contribution in [0.15, 0.2) is 41.8 Å². The van der Waals surface area contributed by atoms with Crippen LogP contribution in [0.3, 0.4) is 0 Å². The van der Waals surface area contributed by atoms with Crippen LogP contribution < -0.4 is 5.32 Å². The van der Waals surface area contributed by atoms with E-state index in [1.807, 2.05) is 0 Å². The van der Waals surface area contributed by atoms with Gasteiger partial charge in [0.1, 0.15) is 0 Å². The molecule has 31 heavy (non-hydrogen) atoms. The lowest BCUT2D eigenvalue weighted by Gasteiger charge is -2.13. The van der Waals surface area contributed by atoms with Gasteiger partial charge in [-0.1, -0.05) is 12.1 Å². The Morgan fingerprint density at radius 1 is 1.10 bits per heavy atom. The van der Waals surface area contributed by atoms with Crippen LogP contribution in [0.5, 0.6) is 0 Å². The molecule has 7 nitrogen and oxygen atoms in total. The Morgan fingerprint density at radius 2 is 1.84 bits per heavy atom. The monoisotopic (exact) mass is 438 g/mol. The quantitative estimate of drug-likeness (QED) is 0.415. The summed E-state index contributed by atoms with van der Waals surface area (Å²) in [6.45, 7) is 6.31. The first-order valence-electron chi connectivity index (χ1n) is 9.59. The molecule has 0 aliphatic rings. The third-order valence-corrected chi connectivity index (χ3v) is 5.66. The van der Waals surface area contributed by atoms with Crippen molar-refractivity contribution < 1.29 is 23.9 Å². The van der Waals surface area contributed by atoms with E-state index in [0.29, 0.717) is 27.4 Å². The summed E-state index contributed by atoms with van der Waals surface area (Å²) < 4.78 is 5.35. The van der Waals surface area contributed by atoms with E-state index >= 15 is 0 Å². The van der Waals surface area contributed by atoms with E-state index in [0.717, 1.165) is 0 Å². The molecule has 2 N–H and O–H groups in total. The number of hydrogen-bond donors (Lipinski definition) is 2. The van der Waals surface area contributed by atoms with Crippen LogP contribution in [0.1, 0.15) is 66.0 Å². The number of nitrogens with one attached hydrogen (secondary N) is 2. The normalized spacial score (nSPS) is 11.6. The molecule has 0 saturated heterocycles. The van der Waals surface area contributed by atoms with Gasteiger partial charge in [-0.15, -0.1) is 11.3 Å². The number of hydrogen-bond acceptors (Lipinski definition) is 6. The van der Waals surface area contributed by atoms with Crippen molar-refractivity contribution in [3.8, 4) is 0 Å². The predicted molar refractivity (Wildman–Crippen MR) is 118 cm³/mol. The highest BCUT2D eigenvalue weighted by molar-refractivity contribution is 7.12. The molecule has 2 heterocycles. The van der Waals surface area contributed by atoms with Gasteiger partial charge in [-0.3, -0.25) is 14.4 Å². The third kappa shape index (κ3) is 4.80. The van der Waals surface area contributed by atoms with Gasteiger partial charge in [0.25, 0.3) is 5.91 Å². The molecule has 1 unspecified atom stereocenters. The molecule has 0 aliphatic heterocycles. The van der Waals surface area contributed by atoms with Crippen molar-refractivity contribution in [1.29, 1.82) is 0 Å². The Labute approximate surface area is 183 Å². The number of aromatic nitrogens is 1. The van der Waals surface area contributed by atoms with E-state index in [2.05, 4.69) is 10.3 Å². The third-order valence-electron chi connectivity index (χ3n) is 4.79. The fourth-order valence-electron chi connectivity index (χ4n) is 3.33. The van der Waals surface area contributed by atoms with Crippen LogP contribution in [0.4, 0.5) is 5.69 Å². The molecule has 1 atom stereocenters. The molecule has 0 saturated carbocycles. The number of benzene rings is 1. The number of esters is 1. The van der Waals surface area contributed by atoms with Gasteiger partial charge in [-0.25, -0.2) is 4.79 Å². The average molecular weight is 439 g/mol. The van der Waals surface area contributed by atoms with Crippen LogP contribution in [0.2, 0.25) is 0 Å². The van der Waals surface area contributed by atoms with Crippen molar-refractivity contribution in [3.05, 3.63) is 74.7 Å². The van der Waals surface area contributed by atoms with Crippen LogP contribution >= 0.6 is 11.3 Å². The lowest BCUT2D eigenvalue weighted by Crippen LogP contribution is -2.25. The van der Waals surface area contributed by atoms with Gasteiger partial charge < -0.3 is 15.0 Å². The van der Waals surface area contributed by atoms with Crippen LogP contribution in [0.25, 0.3) is 0 Å². The van der Waals surface area contributed by atoms with E-state index in [1.54, 1.807) is 43.5 Å². The predicted octanol–water partition coefficient (Wildman–Crippen LogP) is 4.58. The van der Waals surface area contributed by atoms with E-state index < -0.39 is 17.9 Å². The first-order valence-corrected chi connectivity index (χ1v) is 10.5. The largest absolute Gasteiger partial charge is 0.451 e. The highest BCUT2D eigenvalue weighted by atomic mass is 32.1. The SMILES string of the molecule is CC(=O)c1c(C)[nH]c(C(=O)C(C)OC(=O)c2cccc(NC(=O)c3cccs3)c2)c1C. The summed E-state index contributed by atoms with van der Waals surface area (Å²) in [5.41, 5.74) is 2.49. The van der Waals surface area contributed by atoms with E-state index in [1.165, 1.54) is 37.3 Å². The van der Waals surface area contributed by atoms with Gasteiger partial charge in [0.2, 0.25) is 5.78 Å². The van der Waals surface area contributed by atoms with Gasteiger partial charge in [0.05, 0.1) is 16.1 Å². The summed E-state index contributed by atoms with van der Waals surface area (Å²) >= 11 is 1.31. The molecular formula is C23H22N2O5S. The average Bonchev–Trinajstić information content (AvgIpc) is 3.35. The van der Waals surface area contributed by atoms with Crippen LogP contribution in [-0.2, 0) is 4.74 Å². The number of ether oxygens (including phenoxy) is 1. The smallest absolute Gasteiger partial charge is 0.338 e. The zero-order valence-electron chi connectivity index (χ0n) is 17.6. The molecule has 1 amide bonds. The minimum Gasteiger partial charge on any atom is -0.451 e. The Bertz CT molecular complexity index is 1160. The number of carbonyl (C=O) groups excluding carboxylic acids is 4. The van der Waals surface area contributed by atoms with Crippen LogP contribution in [0, 0.1) is 13.8 Å². The standard InChI is InChI=1S/C23H22N2O5S/c1-12-19(14(3)26)13(2)24-20(12)21(27)15(4)30-23(29)16-7-5-8-17(11-16)25-22(28)18-9-6-10-31-18/h5-11,15,24H,1-4H3,(H,25,28). The number of carbonyl (C=O) groups is 4. The molecule has 0 spiro atoms. The van der Waals surface area contributed by atoms with Crippen molar-refractivity contribution in [2.45, 2.75) is 33.8 Å². The molecule has 3 aromatic rings. The summed E-state index contributed by atoms with van der Waals surface area (Å²) in [6.07, 6.45) is -1.06. The van der Waals surface area contributed by atoms with Gasteiger partial charge >= 0.3 is 5.97 Å². The maximum Gasteiger partial charge on any atom is 0.338 e. The van der Waals surface area contributed by atoms with Gasteiger partial charge in [-0.05, 0) is 62.9 Å². The number of rotatable bonds is 7. The maximum absolute atomic E-state index is 12.8. The first kappa shape index (κ1) is 22.2. The van der Waals surface area contributed by atoms with E-state index in [4.69, 9.17) is 4.74 Å². The van der Waals surface area contributed by atoms with Gasteiger partial charge in [0, 0.05) is 16.9 Å². The number of H-pyrrole nitrogens is 1. The number of aryl methyl sites for hydroxylation is 1. The minimum atomic E-state index is -1.06. The lowest BCUT2D eigenvalue weighted by atomic mass is 10.0. The number of ketones is 2. The molecule has 160 valence electrons. The number of amides is 1. The van der Waals surface area contributed by atoms with Crippen molar-refractivity contribution in [2.24, 2.45) is 0 Å². The summed E-state index contributed by atoms with van der Waals surface area (Å²) in [5.74, 6) is -1.54. The van der Waals surface area contributed by atoms with Crippen LogP contribution in [-0.4, -0.2) is 34.5 Å². The fourth-order valence-corrected chi connectivity index (χ4v) is 3.95. The lowest BCUT2D eigenvalue weighted by molar-refractivity contribution is 0.0317. The summed E-state index contributed by atoms with van der Waals surface area (Å²) in [7, 11) is 0. The molecule has 0 fully saturated rings. The van der Waals surface area contributed by atoms with E-state index in [-0.39, 0.29) is 22.9 Å². The van der Waals surface area contributed by atoms with Crippen molar-refractivity contribution in [2.75, 3.05) is 5.32 Å². The molecule has 0 radical (unpaired) electrons. The summed E-state index contributed by atoms with van der Waals surface area (Å²) in [6, 6.07) is 9.78. The molecule has 0 aliphatic carbocycles. The molecule has 3 rings (SSSR count). The zero-order chi connectivity index (χ0) is 22.7. The second-order valence-electron chi connectivity index (χ2n) is 7.11. The minimum absolute atomic E-state index is 0.142. The Morgan fingerprint density at radius 3 is 2.45 bits per heavy atom. The van der Waals surface area contributed by atoms with Gasteiger partial charge in [-0.2, -0.15) is 0 Å².